The third-order valence-electron chi connectivity index (χ3n) is 7.17. The molecule has 45 heavy (non-hydrogen) atoms. The summed E-state index contributed by atoms with van der Waals surface area (Å²) in [6.45, 7) is -0.405. The molecular formula is C31H33N3O10S. The quantitative estimate of drug-likeness (QED) is 0.0928. The number of ether oxygens (including phenoxy) is 4. The number of fused-ring (bicyclic) bond motifs is 3. The zero-order valence-corrected chi connectivity index (χ0v) is 26.1. The van der Waals surface area contributed by atoms with Gasteiger partial charge in [0.25, 0.3) is 11.0 Å². The van der Waals surface area contributed by atoms with Gasteiger partial charge >= 0.3 is 5.97 Å². The monoisotopic (exact) mass is 639 g/mol. The van der Waals surface area contributed by atoms with Gasteiger partial charge < -0.3 is 29.1 Å². The predicted molar refractivity (Wildman–Crippen MR) is 164 cm³/mol. The van der Waals surface area contributed by atoms with Crippen molar-refractivity contribution in [2.45, 2.75) is 43.2 Å². The minimum atomic E-state index is -0.926. The second-order valence-corrected chi connectivity index (χ2v) is 10.7. The van der Waals surface area contributed by atoms with E-state index in [0.29, 0.717) is 51.8 Å². The maximum Gasteiger partial charge on any atom is 0.306 e. The van der Waals surface area contributed by atoms with Crippen molar-refractivity contribution in [3.63, 3.8) is 0 Å². The Morgan fingerprint density at radius 1 is 1.09 bits per heavy atom. The molecule has 13 nitrogen and oxygen atoms in total. The smallest absolute Gasteiger partial charge is 0.306 e. The van der Waals surface area contributed by atoms with E-state index in [1.165, 1.54) is 32.0 Å². The fraction of sp³-hybridized carbons (Fsp3) is 0.355. The fourth-order valence-corrected chi connectivity index (χ4v) is 5.58. The molecule has 0 aliphatic heterocycles. The van der Waals surface area contributed by atoms with E-state index in [9.17, 15) is 24.5 Å². The second kappa shape index (κ2) is 15.2. The molecule has 3 aromatic rings. The number of aromatic nitrogens is 1. The van der Waals surface area contributed by atoms with Crippen LogP contribution in [0.2, 0.25) is 0 Å². The van der Waals surface area contributed by atoms with E-state index in [1.807, 2.05) is 18.4 Å². The van der Waals surface area contributed by atoms with Gasteiger partial charge in [-0.1, -0.05) is 12.1 Å². The first-order valence-corrected chi connectivity index (χ1v) is 15.2. The van der Waals surface area contributed by atoms with Crippen LogP contribution in [0.25, 0.3) is 11.1 Å². The lowest BCUT2D eigenvalue weighted by Crippen LogP contribution is -2.30. The number of hydrogen-bond donors (Lipinski definition) is 1. The van der Waals surface area contributed by atoms with Gasteiger partial charge in [0.15, 0.2) is 16.9 Å². The molecule has 1 aliphatic rings. The second-order valence-electron chi connectivity index (χ2n) is 9.86. The first-order chi connectivity index (χ1) is 21.7. The van der Waals surface area contributed by atoms with E-state index in [1.54, 1.807) is 31.4 Å². The van der Waals surface area contributed by atoms with E-state index < -0.39 is 23.0 Å². The molecule has 0 radical (unpaired) electrons. The molecule has 1 heterocycles. The number of aryl methyl sites for hydroxylation is 1. The van der Waals surface area contributed by atoms with Crippen molar-refractivity contribution in [3.8, 4) is 28.4 Å². The summed E-state index contributed by atoms with van der Waals surface area (Å²) in [7, 11) is 4.61. The molecule has 0 saturated heterocycles. The van der Waals surface area contributed by atoms with Crippen molar-refractivity contribution in [3.05, 3.63) is 85.3 Å². The Morgan fingerprint density at radius 2 is 1.87 bits per heavy atom. The molecule has 0 unspecified atom stereocenters. The van der Waals surface area contributed by atoms with E-state index in [4.69, 9.17) is 18.9 Å². The van der Waals surface area contributed by atoms with Crippen molar-refractivity contribution in [1.82, 2.24) is 10.3 Å². The number of hydrogen-bond acceptors (Lipinski definition) is 12. The highest BCUT2D eigenvalue weighted by Crippen LogP contribution is 2.50. The van der Waals surface area contributed by atoms with Crippen LogP contribution in [0.5, 0.6) is 17.2 Å². The number of methoxy groups -OCH3 is 3. The number of rotatable bonds is 13. The van der Waals surface area contributed by atoms with Crippen LogP contribution in [0, 0.1) is 10.1 Å². The van der Waals surface area contributed by atoms with Gasteiger partial charge in [-0.3, -0.25) is 14.4 Å². The van der Waals surface area contributed by atoms with Crippen molar-refractivity contribution < 1.29 is 38.5 Å². The summed E-state index contributed by atoms with van der Waals surface area (Å²) < 4.78 is 22.2. The van der Waals surface area contributed by atoms with Crippen LogP contribution in [-0.4, -0.2) is 56.1 Å². The van der Waals surface area contributed by atoms with Gasteiger partial charge in [-0.15, -0.1) is 21.9 Å². The standard InChI is InChI=1S/C31H33N3O10S/c1-40-25-15-18-10-12-22(21-16-24(35)26(45-4)13-11-20(21)28(18)30(42-3)29(25)41-2)33-31(37)23-8-5-7-19(32-23)17-43-27(36)9-6-14-44-34(38)39/h5,7-8,11,13,15-16,22H,6,9-10,12,14,17H2,1-4H3,(H,33,37)/t22-/m0/s1. The summed E-state index contributed by atoms with van der Waals surface area (Å²) in [5, 5.41) is 12.3. The molecule has 4 rings (SSSR count). The first-order valence-electron chi connectivity index (χ1n) is 13.9. The van der Waals surface area contributed by atoms with Crippen LogP contribution in [-0.2, 0) is 27.4 Å². The van der Waals surface area contributed by atoms with Crippen LogP contribution in [0.4, 0.5) is 0 Å². The van der Waals surface area contributed by atoms with E-state index in [0.717, 1.165) is 11.1 Å². The Morgan fingerprint density at radius 3 is 2.56 bits per heavy atom. The van der Waals surface area contributed by atoms with Crippen molar-refractivity contribution in [2.75, 3.05) is 34.2 Å². The molecule has 1 amide bonds. The maximum absolute atomic E-state index is 13.5. The number of benzene rings is 1. The lowest BCUT2D eigenvalue weighted by molar-refractivity contribution is -0.757. The number of pyridine rings is 1. The van der Waals surface area contributed by atoms with Crippen LogP contribution < -0.4 is 25.0 Å². The highest BCUT2D eigenvalue weighted by molar-refractivity contribution is 7.98. The van der Waals surface area contributed by atoms with Crippen molar-refractivity contribution >= 4 is 23.6 Å². The van der Waals surface area contributed by atoms with Crippen LogP contribution in [0.3, 0.4) is 0 Å². The van der Waals surface area contributed by atoms with Gasteiger partial charge in [0.1, 0.15) is 12.3 Å². The minimum Gasteiger partial charge on any atom is -0.493 e. The summed E-state index contributed by atoms with van der Waals surface area (Å²) in [5.74, 6) is 0.311. The van der Waals surface area contributed by atoms with Gasteiger partial charge in [0.2, 0.25) is 5.75 Å². The summed E-state index contributed by atoms with van der Waals surface area (Å²) in [6, 6.07) is 11.3. The maximum atomic E-state index is 13.5. The molecule has 0 bridgehead atoms. The summed E-state index contributed by atoms with van der Waals surface area (Å²) in [6.07, 6.45) is 2.85. The predicted octanol–water partition coefficient (Wildman–Crippen LogP) is 4.31. The molecule has 238 valence electrons. The average Bonchev–Trinajstić information content (AvgIpc) is 3.29. The van der Waals surface area contributed by atoms with E-state index >= 15 is 0 Å². The number of nitrogens with zero attached hydrogens (tertiary/aromatic N) is 2. The SMILES string of the molecule is COc1cc2c(c(OC)c1OC)-c1ccc(SC)c(=O)cc1[C@@H](NC(=O)c1cccc(COC(=O)CCCO[N+](=O)[O-])n1)CC2. The number of nitrogens with one attached hydrogen (secondary N) is 1. The fourth-order valence-electron chi connectivity index (χ4n) is 5.12. The molecule has 14 heteroatoms. The molecule has 1 aliphatic carbocycles. The Kier molecular flexibility index (Phi) is 11.2. The molecular weight excluding hydrogens is 606 g/mol. The largest absolute Gasteiger partial charge is 0.493 e. The summed E-state index contributed by atoms with van der Waals surface area (Å²) in [5.41, 5.74) is 3.23. The molecule has 0 spiro atoms. The number of carbonyl (C=O) groups is 2. The third-order valence-corrected chi connectivity index (χ3v) is 7.95. The van der Waals surface area contributed by atoms with E-state index in [-0.39, 0.29) is 37.2 Å². The Balaban J connectivity index is 1.62. The third kappa shape index (κ3) is 7.81. The number of amides is 1. The van der Waals surface area contributed by atoms with Gasteiger partial charge in [-0.05, 0) is 72.5 Å². The number of carbonyl (C=O) groups excluding carboxylic acids is 2. The molecule has 1 N–H and O–H groups in total. The van der Waals surface area contributed by atoms with Gasteiger partial charge in [0, 0.05) is 12.0 Å². The Hall–Kier alpha value is -4.85. The number of esters is 1. The van der Waals surface area contributed by atoms with Crippen LogP contribution in [0.1, 0.15) is 52.6 Å². The molecule has 0 fully saturated rings. The minimum absolute atomic E-state index is 0.0720. The normalized spacial score (nSPS) is 13.4. The van der Waals surface area contributed by atoms with Gasteiger partial charge in [-0.2, -0.15) is 0 Å². The number of thioether (sulfide) groups is 1. The lowest BCUT2D eigenvalue weighted by atomic mass is 9.95. The summed E-state index contributed by atoms with van der Waals surface area (Å²) >= 11 is 1.33. The van der Waals surface area contributed by atoms with Gasteiger partial charge in [0.05, 0.1) is 44.6 Å². The highest BCUT2D eigenvalue weighted by atomic mass is 32.2. The van der Waals surface area contributed by atoms with E-state index in [2.05, 4.69) is 15.1 Å². The molecule has 1 aromatic heterocycles. The first kappa shape index (κ1) is 33.1. The topological polar surface area (TPSA) is 165 Å². The Bertz CT molecular complexity index is 1650. The Labute approximate surface area is 263 Å². The highest BCUT2D eigenvalue weighted by Gasteiger charge is 2.30. The lowest BCUT2D eigenvalue weighted by Gasteiger charge is -2.20. The zero-order chi connectivity index (χ0) is 32.5. The molecule has 0 saturated carbocycles. The van der Waals surface area contributed by atoms with Crippen molar-refractivity contribution in [1.29, 1.82) is 0 Å². The van der Waals surface area contributed by atoms with Crippen molar-refractivity contribution in [2.24, 2.45) is 0 Å². The zero-order valence-electron chi connectivity index (χ0n) is 25.2. The van der Waals surface area contributed by atoms with Crippen LogP contribution in [0.15, 0.2) is 52.2 Å². The summed E-state index contributed by atoms with van der Waals surface area (Å²) in [4.78, 5) is 58.1. The van der Waals surface area contributed by atoms with Crippen LogP contribution >= 0.6 is 11.8 Å². The van der Waals surface area contributed by atoms with Gasteiger partial charge in [-0.25, -0.2) is 4.98 Å². The molecule has 1 atom stereocenters. The molecule has 2 aromatic carbocycles. The average molecular weight is 640 g/mol.